The standard InChI is InChI=1S/C25H27N3O4/c1-2-7-24(29)27-15-6-8-19(17-27)28-23(25(30)31)16-22(26-28)18-11-13-21(14-12-18)32-20-9-4-3-5-10-20/h3-5,9-14,16,19H,2,6-8,15,17H2,1H3,(H,30,31). The average Bonchev–Trinajstić information content (AvgIpc) is 3.27. The van der Waals surface area contributed by atoms with Gasteiger partial charge in [-0.3, -0.25) is 9.48 Å². The minimum absolute atomic E-state index is 0.121. The van der Waals surface area contributed by atoms with Crippen molar-refractivity contribution >= 4 is 11.9 Å². The number of carboxylic acids is 1. The van der Waals surface area contributed by atoms with Gasteiger partial charge in [0, 0.05) is 25.1 Å². The Balaban J connectivity index is 1.55. The Hall–Kier alpha value is -3.61. The number of para-hydroxylation sites is 1. The van der Waals surface area contributed by atoms with E-state index in [4.69, 9.17) is 4.74 Å². The summed E-state index contributed by atoms with van der Waals surface area (Å²) >= 11 is 0. The van der Waals surface area contributed by atoms with Crippen LogP contribution in [0, 0.1) is 0 Å². The van der Waals surface area contributed by atoms with E-state index >= 15 is 0 Å². The quantitative estimate of drug-likeness (QED) is 0.567. The fourth-order valence-electron chi connectivity index (χ4n) is 4.04. The third-order valence-corrected chi connectivity index (χ3v) is 5.64. The molecule has 0 radical (unpaired) electrons. The number of likely N-dealkylation sites (tertiary alicyclic amines) is 1. The van der Waals surface area contributed by atoms with Crippen molar-refractivity contribution in [2.75, 3.05) is 13.1 Å². The number of carbonyl (C=O) groups excluding carboxylic acids is 1. The second-order valence-corrected chi connectivity index (χ2v) is 7.99. The summed E-state index contributed by atoms with van der Waals surface area (Å²) in [5.41, 5.74) is 1.53. The summed E-state index contributed by atoms with van der Waals surface area (Å²) in [4.78, 5) is 26.1. The van der Waals surface area contributed by atoms with Crippen LogP contribution in [0.25, 0.3) is 11.3 Å². The van der Waals surface area contributed by atoms with Gasteiger partial charge in [0.25, 0.3) is 0 Å². The van der Waals surface area contributed by atoms with Gasteiger partial charge < -0.3 is 14.7 Å². The van der Waals surface area contributed by atoms with Crippen LogP contribution in [0.5, 0.6) is 11.5 Å². The first-order chi connectivity index (χ1) is 15.5. The third kappa shape index (κ3) is 4.82. The lowest BCUT2D eigenvalue weighted by atomic mass is 10.0. The minimum Gasteiger partial charge on any atom is -0.477 e. The topological polar surface area (TPSA) is 84.7 Å². The molecule has 1 unspecified atom stereocenters. The number of hydrogen-bond acceptors (Lipinski definition) is 4. The highest BCUT2D eigenvalue weighted by molar-refractivity contribution is 5.87. The zero-order valence-electron chi connectivity index (χ0n) is 18.1. The zero-order valence-corrected chi connectivity index (χ0v) is 18.1. The van der Waals surface area contributed by atoms with Gasteiger partial charge in [0.1, 0.15) is 17.2 Å². The Morgan fingerprint density at radius 2 is 1.81 bits per heavy atom. The molecule has 1 N–H and O–H groups in total. The van der Waals surface area contributed by atoms with Crippen LogP contribution in [-0.2, 0) is 4.79 Å². The molecular formula is C25H27N3O4. The number of carbonyl (C=O) groups is 2. The molecular weight excluding hydrogens is 406 g/mol. The number of benzene rings is 2. The number of aromatic carboxylic acids is 1. The van der Waals surface area contributed by atoms with E-state index in [1.165, 1.54) is 0 Å². The molecule has 0 aliphatic carbocycles. The molecule has 4 rings (SSSR count). The van der Waals surface area contributed by atoms with Gasteiger partial charge in [-0.05, 0) is 61.7 Å². The van der Waals surface area contributed by atoms with E-state index in [0.29, 0.717) is 24.4 Å². The summed E-state index contributed by atoms with van der Waals surface area (Å²) in [7, 11) is 0. The van der Waals surface area contributed by atoms with Gasteiger partial charge in [0.2, 0.25) is 5.91 Å². The van der Waals surface area contributed by atoms with Crippen molar-refractivity contribution in [2.24, 2.45) is 0 Å². The molecule has 3 aromatic rings. The second kappa shape index (κ2) is 9.68. The van der Waals surface area contributed by atoms with E-state index in [-0.39, 0.29) is 17.6 Å². The number of piperidine rings is 1. The summed E-state index contributed by atoms with van der Waals surface area (Å²) in [5, 5.41) is 14.4. The number of aromatic nitrogens is 2. The van der Waals surface area contributed by atoms with E-state index < -0.39 is 5.97 Å². The van der Waals surface area contributed by atoms with Crippen molar-refractivity contribution in [3.8, 4) is 22.8 Å². The Kier molecular flexibility index (Phi) is 6.54. The number of hydrogen-bond donors (Lipinski definition) is 1. The molecule has 1 aromatic heterocycles. The first-order valence-electron chi connectivity index (χ1n) is 11.0. The number of carboxylic acid groups (broad SMARTS) is 1. The minimum atomic E-state index is -1.02. The van der Waals surface area contributed by atoms with Crippen LogP contribution >= 0.6 is 0 Å². The van der Waals surface area contributed by atoms with Gasteiger partial charge in [0.15, 0.2) is 0 Å². The van der Waals surface area contributed by atoms with Crippen molar-refractivity contribution in [3.63, 3.8) is 0 Å². The predicted molar refractivity (Wildman–Crippen MR) is 121 cm³/mol. The summed E-state index contributed by atoms with van der Waals surface area (Å²) < 4.78 is 7.41. The Morgan fingerprint density at radius 3 is 2.50 bits per heavy atom. The monoisotopic (exact) mass is 433 g/mol. The summed E-state index contributed by atoms with van der Waals surface area (Å²) in [6, 6.07) is 18.4. The van der Waals surface area contributed by atoms with Crippen molar-refractivity contribution in [1.29, 1.82) is 0 Å². The molecule has 32 heavy (non-hydrogen) atoms. The van der Waals surface area contributed by atoms with Crippen molar-refractivity contribution in [3.05, 3.63) is 66.4 Å². The van der Waals surface area contributed by atoms with E-state index in [2.05, 4.69) is 5.10 Å². The van der Waals surface area contributed by atoms with E-state index in [1.54, 1.807) is 10.7 Å². The number of rotatable bonds is 7. The van der Waals surface area contributed by atoms with Crippen LogP contribution in [0.4, 0.5) is 0 Å². The Bertz CT molecular complexity index is 1080. The fraction of sp³-hybridized carbons (Fsp3) is 0.320. The molecule has 2 aromatic carbocycles. The van der Waals surface area contributed by atoms with Crippen LogP contribution in [0.1, 0.15) is 49.1 Å². The van der Waals surface area contributed by atoms with Crippen molar-refractivity contribution < 1.29 is 19.4 Å². The molecule has 1 fully saturated rings. The maximum atomic E-state index is 12.4. The lowest BCUT2D eigenvalue weighted by molar-refractivity contribution is -0.132. The Labute approximate surface area is 187 Å². The van der Waals surface area contributed by atoms with E-state index in [1.807, 2.05) is 66.4 Å². The van der Waals surface area contributed by atoms with E-state index in [9.17, 15) is 14.7 Å². The van der Waals surface area contributed by atoms with Crippen LogP contribution in [-0.4, -0.2) is 44.8 Å². The molecule has 1 aliphatic heterocycles. The zero-order chi connectivity index (χ0) is 22.5. The molecule has 1 saturated heterocycles. The second-order valence-electron chi connectivity index (χ2n) is 7.99. The third-order valence-electron chi connectivity index (χ3n) is 5.64. The van der Waals surface area contributed by atoms with Crippen LogP contribution < -0.4 is 4.74 Å². The van der Waals surface area contributed by atoms with Gasteiger partial charge in [-0.1, -0.05) is 25.1 Å². The summed E-state index contributed by atoms with van der Waals surface area (Å²) in [6.45, 7) is 3.19. The lowest BCUT2D eigenvalue weighted by Gasteiger charge is -2.33. The maximum absolute atomic E-state index is 12.4. The number of ether oxygens (including phenoxy) is 1. The average molecular weight is 434 g/mol. The molecule has 0 spiro atoms. The molecule has 7 heteroatoms. The largest absolute Gasteiger partial charge is 0.477 e. The van der Waals surface area contributed by atoms with Gasteiger partial charge >= 0.3 is 5.97 Å². The van der Waals surface area contributed by atoms with E-state index in [0.717, 1.165) is 37.1 Å². The predicted octanol–water partition coefficient (Wildman–Crippen LogP) is 5.00. The highest BCUT2D eigenvalue weighted by atomic mass is 16.5. The summed E-state index contributed by atoms with van der Waals surface area (Å²) in [6.07, 6.45) is 2.94. The molecule has 0 bridgehead atoms. The molecule has 1 atom stereocenters. The van der Waals surface area contributed by atoms with Crippen molar-refractivity contribution in [2.45, 2.75) is 38.6 Å². The molecule has 0 saturated carbocycles. The van der Waals surface area contributed by atoms with Gasteiger partial charge in [-0.2, -0.15) is 5.10 Å². The Morgan fingerprint density at radius 1 is 1.09 bits per heavy atom. The molecule has 1 amide bonds. The van der Waals surface area contributed by atoms with Gasteiger partial charge in [0.05, 0.1) is 11.7 Å². The molecule has 166 valence electrons. The smallest absolute Gasteiger partial charge is 0.354 e. The van der Waals surface area contributed by atoms with Crippen molar-refractivity contribution in [1.82, 2.24) is 14.7 Å². The molecule has 2 heterocycles. The first-order valence-corrected chi connectivity index (χ1v) is 11.0. The maximum Gasteiger partial charge on any atom is 0.354 e. The van der Waals surface area contributed by atoms with Gasteiger partial charge in [-0.15, -0.1) is 0 Å². The van der Waals surface area contributed by atoms with Crippen LogP contribution in [0.2, 0.25) is 0 Å². The number of amides is 1. The first kappa shape index (κ1) is 21.6. The van der Waals surface area contributed by atoms with Crippen LogP contribution in [0.15, 0.2) is 60.7 Å². The lowest BCUT2D eigenvalue weighted by Crippen LogP contribution is -2.41. The highest BCUT2D eigenvalue weighted by Crippen LogP contribution is 2.29. The summed E-state index contributed by atoms with van der Waals surface area (Å²) in [5.74, 6) is 0.535. The molecule has 1 aliphatic rings. The SMILES string of the molecule is CCCC(=O)N1CCCC(n2nc(-c3ccc(Oc4ccccc4)cc3)cc2C(=O)O)C1. The number of nitrogens with zero attached hydrogens (tertiary/aromatic N) is 3. The van der Waals surface area contributed by atoms with Crippen LogP contribution in [0.3, 0.4) is 0 Å². The molecule has 7 nitrogen and oxygen atoms in total. The normalized spacial score (nSPS) is 16.0. The fourth-order valence-corrected chi connectivity index (χ4v) is 4.04. The van der Waals surface area contributed by atoms with Gasteiger partial charge in [-0.25, -0.2) is 4.79 Å². The highest BCUT2D eigenvalue weighted by Gasteiger charge is 2.28.